The van der Waals surface area contributed by atoms with Gasteiger partial charge < -0.3 is 14.6 Å². The Balaban J connectivity index is 1.99. The highest BCUT2D eigenvalue weighted by Crippen LogP contribution is 2.23. The lowest BCUT2D eigenvalue weighted by Crippen LogP contribution is -2.35. The smallest absolute Gasteiger partial charge is 0.297 e. The van der Waals surface area contributed by atoms with Crippen LogP contribution in [0.25, 0.3) is 0 Å². The molecular formula is C15H27N3O. The van der Waals surface area contributed by atoms with E-state index in [9.17, 15) is 0 Å². The number of anilines is 1. The lowest BCUT2D eigenvalue weighted by molar-refractivity contribution is 0.421. The molecule has 4 nitrogen and oxygen atoms in total. The summed E-state index contributed by atoms with van der Waals surface area (Å²) in [7, 11) is 0. The summed E-state index contributed by atoms with van der Waals surface area (Å²) in [5.74, 6) is 0. The van der Waals surface area contributed by atoms with Gasteiger partial charge in [0.25, 0.3) is 6.01 Å². The summed E-state index contributed by atoms with van der Waals surface area (Å²) in [6, 6.07) is 1.32. The van der Waals surface area contributed by atoms with Gasteiger partial charge in [-0.3, -0.25) is 0 Å². The third kappa shape index (κ3) is 4.23. The number of rotatable bonds is 3. The van der Waals surface area contributed by atoms with Gasteiger partial charge in [-0.1, -0.05) is 12.8 Å². The summed E-state index contributed by atoms with van der Waals surface area (Å²) in [6.45, 7) is 10.6. The Kier molecular flexibility index (Phi) is 4.50. The Morgan fingerprint density at radius 1 is 1.37 bits per heavy atom. The fourth-order valence-corrected chi connectivity index (χ4v) is 2.42. The van der Waals surface area contributed by atoms with Crippen molar-refractivity contribution in [1.82, 2.24) is 10.3 Å². The quantitative estimate of drug-likeness (QED) is 0.910. The van der Waals surface area contributed by atoms with Crippen LogP contribution >= 0.6 is 0 Å². The molecule has 1 aromatic heterocycles. The molecule has 1 aliphatic heterocycles. The summed E-state index contributed by atoms with van der Waals surface area (Å²) in [4.78, 5) is 6.94. The van der Waals surface area contributed by atoms with E-state index in [1.807, 2.05) is 0 Å². The van der Waals surface area contributed by atoms with Gasteiger partial charge >= 0.3 is 0 Å². The minimum atomic E-state index is 0.106. The van der Waals surface area contributed by atoms with Gasteiger partial charge in [0.15, 0.2) is 0 Å². The highest BCUT2D eigenvalue weighted by atomic mass is 16.4. The maximum Gasteiger partial charge on any atom is 0.297 e. The highest BCUT2D eigenvalue weighted by Gasteiger charge is 2.21. The molecule has 1 aliphatic rings. The van der Waals surface area contributed by atoms with Gasteiger partial charge in [0, 0.05) is 24.7 Å². The molecular weight excluding hydrogens is 238 g/mol. The molecule has 1 N–H and O–H groups in total. The molecule has 0 spiro atoms. The van der Waals surface area contributed by atoms with Crippen molar-refractivity contribution in [3.63, 3.8) is 0 Å². The van der Waals surface area contributed by atoms with Crippen molar-refractivity contribution in [2.75, 3.05) is 11.4 Å². The Hall–Kier alpha value is -1.03. The third-order valence-corrected chi connectivity index (χ3v) is 3.64. The second-order valence-corrected chi connectivity index (χ2v) is 6.62. The minimum absolute atomic E-state index is 0.106. The van der Waals surface area contributed by atoms with Gasteiger partial charge in [0.2, 0.25) is 0 Å². The van der Waals surface area contributed by atoms with Crippen LogP contribution in [0.3, 0.4) is 0 Å². The molecule has 1 saturated heterocycles. The Morgan fingerprint density at radius 3 is 2.89 bits per heavy atom. The van der Waals surface area contributed by atoms with E-state index in [0.717, 1.165) is 24.8 Å². The molecule has 108 valence electrons. The first-order valence-corrected chi connectivity index (χ1v) is 7.42. The van der Waals surface area contributed by atoms with Crippen LogP contribution in [0, 0.1) is 0 Å². The lowest BCUT2D eigenvalue weighted by atomic mass is 10.1. The molecule has 2 rings (SSSR count). The maximum absolute atomic E-state index is 5.67. The summed E-state index contributed by atoms with van der Waals surface area (Å²) >= 11 is 0. The van der Waals surface area contributed by atoms with Gasteiger partial charge in [-0.2, -0.15) is 4.98 Å². The summed E-state index contributed by atoms with van der Waals surface area (Å²) in [5.41, 5.74) is 1.09. The van der Waals surface area contributed by atoms with E-state index in [1.54, 1.807) is 6.26 Å². The third-order valence-electron chi connectivity index (χ3n) is 3.64. The molecule has 1 unspecified atom stereocenters. The van der Waals surface area contributed by atoms with Crippen molar-refractivity contribution in [3.8, 4) is 0 Å². The van der Waals surface area contributed by atoms with Crippen LogP contribution in [-0.4, -0.2) is 23.1 Å². The zero-order valence-corrected chi connectivity index (χ0v) is 12.7. The number of oxazole rings is 1. The van der Waals surface area contributed by atoms with E-state index in [1.165, 1.54) is 25.7 Å². The van der Waals surface area contributed by atoms with Crippen LogP contribution in [0.2, 0.25) is 0 Å². The lowest BCUT2D eigenvalue weighted by Gasteiger charge is -2.25. The van der Waals surface area contributed by atoms with E-state index < -0.39 is 0 Å². The standard InChI is InChI=1S/C15H27N3O/c1-12-8-6-5-7-9-18(12)14-17-13(11-19-14)10-16-15(2,3)4/h11-12,16H,5-10H2,1-4H3. The van der Waals surface area contributed by atoms with Crippen molar-refractivity contribution in [3.05, 3.63) is 12.0 Å². The van der Waals surface area contributed by atoms with Crippen molar-refractivity contribution in [1.29, 1.82) is 0 Å². The Bertz CT molecular complexity index is 394. The summed E-state index contributed by atoms with van der Waals surface area (Å²) in [6.07, 6.45) is 6.89. The highest BCUT2D eigenvalue weighted by molar-refractivity contribution is 5.29. The molecule has 0 bridgehead atoms. The molecule has 0 saturated carbocycles. The topological polar surface area (TPSA) is 41.3 Å². The van der Waals surface area contributed by atoms with E-state index in [4.69, 9.17) is 4.42 Å². The van der Waals surface area contributed by atoms with Crippen LogP contribution in [0.1, 0.15) is 59.1 Å². The molecule has 1 fully saturated rings. The van der Waals surface area contributed by atoms with E-state index in [0.29, 0.717) is 6.04 Å². The SMILES string of the molecule is CC1CCCCCN1c1nc(CNC(C)(C)C)co1. The maximum atomic E-state index is 5.67. The zero-order chi connectivity index (χ0) is 13.9. The number of hydrogen-bond donors (Lipinski definition) is 1. The van der Waals surface area contributed by atoms with Gasteiger partial charge in [-0.05, 0) is 40.5 Å². The number of nitrogens with one attached hydrogen (secondary N) is 1. The molecule has 19 heavy (non-hydrogen) atoms. The number of hydrogen-bond acceptors (Lipinski definition) is 4. The molecule has 1 atom stereocenters. The minimum Gasteiger partial charge on any atom is -0.432 e. The van der Waals surface area contributed by atoms with Gasteiger partial charge in [-0.25, -0.2) is 0 Å². The van der Waals surface area contributed by atoms with Gasteiger partial charge in [0.05, 0.1) is 5.69 Å². The first-order valence-electron chi connectivity index (χ1n) is 7.42. The first-order chi connectivity index (χ1) is 8.96. The normalized spacial score (nSPS) is 21.5. The molecule has 2 heterocycles. The van der Waals surface area contributed by atoms with Crippen LogP contribution < -0.4 is 10.2 Å². The van der Waals surface area contributed by atoms with Crippen LogP contribution in [-0.2, 0) is 6.54 Å². The average Bonchev–Trinajstić information content (AvgIpc) is 2.69. The predicted octanol–water partition coefficient (Wildman–Crippen LogP) is 3.33. The van der Waals surface area contributed by atoms with Crippen molar-refractivity contribution < 1.29 is 4.42 Å². The van der Waals surface area contributed by atoms with Crippen molar-refractivity contribution in [2.45, 2.75) is 71.5 Å². The summed E-state index contributed by atoms with van der Waals surface area (Å²) in [5, 5.41) is 3.44. The largest absolute Gasteiger partial charge is 0.432 e. The number of aromatic nitrogens is 1. The molecule has 0 aliphatic carbocycles. The van der Waals surface area contributed by atoms with E-state index in [2.05, 4.69) is 42.9 Å². The van der Waals surface area contributed by atoms with Crippen LogP contribution in [0.5, 0.6) is 0 Å². The second kappa shape index (κ2) is 5.95. The monoisotopic (exact) mass is 265 g/mol. The van der Waals surface area contributed by atoms with Crippen LogP contribution in [0.15, 0.2) is 10.7 Å². The van der Waals surface area contributed by atoms with Crippen molar-refractivity contribution >= 4 is 6.01 Å². The van der Waals surface area contributed by atoms with Crippen molar-refractivity contribution in [2.24, 2.45) is 0 Å². The van der Waals surface area contributed by atoms with Crippen LogP contribution in [0.4, 0.5) is 6.01 Å². The Morgan fingerprint density at radius 2 is 2.16 bits per heavy atom. The zero-order valence-electron chi connectivity index (χ0n) is 12.7. The van der Waals surface area contributed by atoms with Gasteiger partial charge in [-0.15, -0.1) is 0 Å². The predicted molar refractivity (Wildman–Crippen MR) is 78.4 cm³/mol. The molecule has 1 aromatic rings. The molecule has 4 heteroatoms. The summed E-state index contributed by atoms with van der Waals surface area (Å²) < 4.78 is 5.67. The number of nitrogens with zero attached hydrogens (tertiary/aromatic N) is 2. The fourth-order valence-electron chi connectivity index (χ4n) is 2.42. The average molecular weight is 265 g/mol. The molecule has 0 amide bonds. The molecule has 0 aromatic carbocycles. The molecule has 0 radical (unpaired) electrons. The van der Waals surface area contributed by atoms with E-state index in [-0.39, 0.29) is 5.54 Å². The fraction of sp³-hybridized carbons (Fsp3) is 0.800. The van der Waals surface area contributed by atoms with E-state index >= 15 is 0 Å². The Labute approximate surface area is 116 Å². The first kappa shape index (κ1) is 14.4. The second-order valence-electron chi connectivity index (χ2n) is 6.62. The van der Waals surface area contributed by atoms with Gasteiger partial charge in [0.1, 0.15) is 6.26 Å².